The molecule has 0 radical (unpaired) electrons. The van der Waals surface area contributed by atoms with Crippen LogP contribution in [-0.4, -0.2) is 5.91 Å². The summed E-state index contributed by atoms with van der Waals surface area (Å²) in [5, 5.41) is 0. The van der Waals surface area contributed by atoms with E-state index < -0.39 is 17.5 Å². The van der Waals surface area contributed by atoms with E-state index in [0.29, 0.717) is 5.56 Å². The van der Waals surface area contributed by atoms with Gasteiger partial charge in [0, 0.05) is 11.1 Å². The summed E-state index contributed by atoms with van der Waals surface area (Å²) < 4.78 is 27.2. The highest BCUT2D eigenvalue weighted by Gasteiger charge is 2.15. The molecule has 1 amide bonds. The maximum Gasteiger partial charge on any atom is 0.248 e. The minimum absolute atomic E-state index is 0.0434. The summed E-state index contributed by atoms with van der Waals surface area (Å²) in [6.45, 7) is 1.78. The van der Waals surface area contributed by atoms with Crippen LogP contribution in [0.15, 0.2) is 36.4 Å². The normalized spacial score (nSPS) is 10.4. The van der Waals surface area contributed by atoms with Gasteiger partial charge in [0.25, 0.3) is 0 Å². The van der Waals surface area contributed by atoms with Crippen LogP contribution in [0.5, 0.6) is 0 Å². The topological polar surface area (TPSA) is 43.1 Å². The number of carbonyl (C=O) groups excluding carboxylic acids is 1. The van der Waals surface area contributed by atoms with Crippen LogP contribution in [-0.2, 0) is 0 Å². The van der Waals surface area contributed by atoms with Crippen LogP contribution in [0.25, 0.3) is 11.1 Å². The standard InChI is InChI=1S/C14H11F2NO/c1-8-4-2-3-5-10(8)11-6-9(14(17)18)7-12(15)13(11)16/h2-7H,1H3,(H2,17,18). The molecule has 2 nitrogen and oxygen atoms in total. The Morgan fingerprint density at radius 1 is 1.11 bits per heavy atom. The molecule has 4 heteroatoms. The Morgan fingerprint density at radius 3 is 2.39 bits per heavy atom. The first-order valence-electron chi connectivity index (χ1n) is 5.35. The third-order valence-electron chi connectivity index (χ3n) is 2.75. The van der Waals surface area contributed by atoms with Gasteiger partial charge in [0.2, 0.25) is 5.91 Å². The Hall–Kier alpha value is -2.23. The second-order valence-electron chi connectivity index (χ2n) is 4.00. The number of hydrogen-bond donors (Lipinski definition) is 1. The number of benzene rings is 2. The van der Waals surface area contributed by atoms with Gasteiger partial charge < -0.3 is 5.73 Å². The van der Waals surface area contributed by atoms with E-state index in [2.05, 4.69) is 0 Å². The van der Waals surface area contributed by atoms with Crippen molar-refractivity contribution in [2.24, 2.45) is 5.73 Å². The van der Waals surface area contributed by atoms with Crippen molar-refractivity contribution >= 4 is 5.91 Å². The summed E-state index contributed by atoms with van der Waals surface area (Å²) in [7, 11) is 0. The molecule has 0 saturated heterocycles. The van der Waals surface area contributed by atoms with E-state index in [1.165, 1.54) is 6.07 Å². The van der Waals surface area contributed by atoms with Crippen molar-refractivity contribution in [3.05, 3.63) is 59.2 Å². The lowest BCUT2D eigenvalue weighted by Crippen LogP contribution is -2.12. The third kappa shape index (κ3) is 2.09. The number of rotatable bonds is 2. The maximum absolute atomic E-state index is 13.8. The summed E-state index contributed by atoms with van der Waals surface area (Å²) in [6, 6.07) is 9.03. The summed E-state index contributed by atoms with van der Waals surface area (Å²) >= 11 is 0. The summed E-state index contributed by atoms with van der Waals surface area (Å²) in [4.78, 5) is 11.1. The van der Waals surface area contributed by atoms with Crippen molar-refractivity contribution in [2.45, 2.75) is 6.92 Å². The van der Waals surface area contributed by atoms with E-state index >= 15 is 0 Å². The van der Waals surface area contributed by atoms with Crippen LogP contribution in [0, 0.1) is 18.6 Å². The van der Waals surface area contributed by atoms with Gasteiger partial charge in [0.15, 0.2) is 11.6 Å². The number of nitrogens with two attached hydrogens (primary N) is 1. The van der Waals surface area contributed by atoms with Crippen molar-refractivity contribution < 1.29 is 13.6 Å². The van der Waals surface area contributed by atoms with E-state index in [1.807, 2.05) is 0 Å². The average Bonchev–Trinajstić information content (AvgIpc) is 2.33. The molecule has 0 bridgehead atoms. The first-order valence-corrected chi connectivity index (χ1v) is 5.35. The van der Waals surface area contributed by atoms with Crippen LogP contribution >= 0.6 is 0 Å². The SMILES string of the molecule is Cc1ccccc1-c1cc(C(N)=O)cc(F)c1F. The van der Waals surface area contributed by atoms with E-state index in [9.17, 15) is 13.6 Å². The highest BCUT2D eigenvalue weighted by Crippen LogP contribution is 2.28. The molecule has 0 heterocycles. The van der Waals surface area contributed by atoms with E-state index in [4.69, 9.17) is 5.73 Å². The summed E-state index contributed by atoms with van der Waals surface area (Å²) in [5.41, 5.74) is 6.41. The van der Waals surface area contributed by atoms with Crippen molar-refractivity contribution in [1.82, 2.24) is 0 Å². The Kier molecular flexibility index (Phi) is 3.10. The van der Waals surface area contributed by atoms with E-state index in [0.717, 1.165) is 11.6 Å². The first kappa shape index (κ1) is 12.2. The van der Waals surface area contributed by atoms with Crippen molar-refractivity contribution in [3.8, 4) is 11.1 Å². The zero-order valence-electron chi connectivity index (χ0n) is 9.71. The number of primary amides is 1. The lowest BCUT2D eigenvalue weighted by molar-refractivity contribution is 0.1000. The lowest BCUT2D eigenvalue weighted by Gasteiger charge is -2.09. The molecule has 2 N–H and O–H groups in total. The predicted molar refractivity (Wildman–Crippen MR) is 65.0 cm³/mol. The highest BCUT2D eigenvalue weighted by molar-refractivity contribution is 5.94. The van der Waals surface area contributed by atoms with Gasteiger partial charge in [-0.05, 0) is 30.2 Å². The van der Waals surface area contributed by atoms with Crippen molar-refractivity contribution in [1.29, 1.82) is 0 Å². The highest BCUT2D eigenvalue weighted by atomic mass is 19.2. The molecule has 0 spiro atoms. The van der Waals surface area contributed by atoms with E-state index in [1.54, 1.807) is 31.2 Å². The van der Waals surface area contributed by atoms with Crippen molar-refractivity contribution in [2.75, 3.05) is 0 Å². The van der Waals surface area contributed by atoms with Crippen LogP contribution in [0.2, 0.25) is 0 Å². The monoisotopic (exact) mass is 247 g/mol. The molecule has 0 aliphatic carbocycles. The Labute approximate surface area is 103 Å². The van der Waals surface area contributed by atoms with Gasteiger partial charge >= 0.3 is 0 Å². The van der Waals surface area contributed by atoms with Gasteiger partial charge in [-0.1, -0.05) is 24.3 Å². The van der Waals surface area contributed by atoms with Gasteiger partial charge in [0.1, 0.15) is 0 Å². The molecule has 0 saturated carbocycles. The van der Waals surface area contributed by atoms with E-state index in [-0.39, 0.29) is 11.1 Å². The zero-order valence-corrected chi connectivity index (χ0v) is 9.71. The van der Waals surface area contributed by atoms with Gasteiger partial charge in [-0.25, -0.2) is 8.78 Å². The van der Waals surface area contributed by atoms with Crippen LogP contribution in [0.4, 0.5) is 8.78 Å². The number of carbonyl (C=O) groups is 1. The fraction of sp³-hybridized carbons (Fsp3) is 0.0714. The van der Waals surface area contributed by atoms with Gasteiger partial charge in [-0.15, -0.1) is 0 Å². The number of halogens is 2. The molecule has 0 unspecified atom stereocenters. The smallest absolute Gasteiger partial charge is 0.248 e. The van der Waals surface area contributed by atoms with Crippen LogP contribution in [0.3, 0.4) is 0 Å². The maximum atomic E-state index is 13.8. The first-order chi connectivity index (χ1) is 8.50. The second-order valence-corrected chi connectivity index (χ2v) is 4.00. The Morgan fingerprint density at radius 2 is 1.78 bits per heavy atom. The summed E-state index contributed by atoms with van der Waals surface area (Å²) in [5.74, 6) is -2.84. The third-order valence-corrected chi connectivity index (χ3v) is 2.75. The molecule has 0 aliphatic rings. The molecule has 0 fully saturated rings. The number of amides is 1. The molecular weight excluding hydrogens is 236 g/mol. The minimum atomic E-state index is -1.08. The molecule has 0 aliphatic heterocycles. The number of aryl methyl sites for hydroxylation is 1. The van der Waals surface area contributed by atoms with Gasteiger partial charge in [-0.2, -0.15) is 0 Å². The second kappa shape index (κ2) is 4.56. The molecule has 0 atom stereocenters. The average molecular weight is 247 g/mol. The molecular formula is C14H11F2NO. The molecule has 18 heavy (non-hydrogen) atoms. The summed E-state index contributed by atoms with van der Waals surface area (Å²) in [6.07, 6.45) is 0. The number of hydrogen-bond acceptors (Lipinski definition) is 1. The fourth-order valence-corrected chi connectivity index (χ4v) is 1.80. The molecule has 0 aromatic heterocycles. The molecule has 2 rings (SSSR count). The predicted octanol–water partition coefficient (Wildman–Crippen LogP) is 3.04. The molecule has 2 aromatic carbocycles. The van der Waals surface area contributed by atoms with Crippen LogP contribution in [0.1, 0.15) is 15.9 Å². The largest absolute Gasteiger partial charge is 0.366 e. The fourth-order valence-electron chi connectivity index (χ4n) is 1.80. The van der Waals surface area contributed by atoms with Crippen LogP contribution < -0.4 is 5.73 Å². The molecule has 2 aromatic rings. The molecule has 92 valence electrons. The minimum Gasteiger partial charge on any atom is -0.366 e. The Balaban J connectivity index is 2.71. The van der Waals surface area contributed by atoms with Gasteiger partial charge in [0.05, 0.1) is 0 Å². The lowest BCUT2D eigenvalue weighted by atomic mass is 9.98. The van der Waals surface area contributed by atoms with Gasteiger partial charge in [-0.3, -0.25) is 4.79 Å². The van der Waals surface area contributed by atoms with Crippen molar-refractivity contribution in [3.63, 3.8) is 0 Å². The zero-order chi connectivity index (χ0) is 13.3. The quantitative estimate of drug-likeness (QED) is 0.870. The Bertz CT molecular complexity index is 623.